The van der Waals surface area contributed by atoms with Crippen LogP contribution in [0.4, 0.5) is 0 Å². The molecule has 1 N–H and O–H groups in total. The van der Waals surface area contributed by atoms with Crippen molar-refractivity contribution in [3.05, 3.63) is 57.8 Å². The number of thiophene rings is 1. The van der Waals surface area contributed by atoms with Crippen LogP contribution in [0.1, 0.15) is 60.3 Å². The lowest BCUT2D eigenvalue weighted by atomic mass is 10.1. The molecule has 3 heteroatoms. The molecular weight excluding hydrogens is 316 g/mol. The van der Waals surface area contributed by atoms with Crippen molar-refractivity contribution in [1.29, 1.82) is 0 Å². The summed E-state index contributed by atoms with van der Waals surface area (Å²) >= 11 is 1.96. The average molecular weight is 345 g/mol. The molecule has 2 rings (SSSR count). The van der Waals surface area contributed by atoms with Crippen LogP contribution in [0.2, 0.25) is 0 Å². The molecule has 0 aliphatic heterocycles. The summed E-state index contributed by atoms with van der Waals surface area (Å²) in [6.07, 6.45) is 10.5. The van der Waals surface area contributed by atoms with Gasteiger partial charge in [0.15, 0.2) is 0 Å². The molecule has 0 radical (unpaired) electrons. The average Bonchev–Trinajstić information content (AvgIpc) is 3.02. The number of unbranched alkanes of at least 4 members (excludes halogenated alkanes) is 4. The van der Waals surface area contributed by atoms with Crippen LogP contribution in [-0.2, 0) is 24.1 Å². The molecule has 0 spiro atoms. The number of hydrogen-bond donors (Lipinski definition) is 1. The minimum absolute atomic E-state index is 0.317. The zero-order chi connectivity index (χ0) is 17.0. The van der Waals surface area contributed by atoms with E-state index in [2.05, 4.69) is 42.5 Å². The van der Waals surface area contributed by atoms with Crippen molar-refractivity contribution in [3.8, 4) is 0 Å². The lowest BCUT2D eigenvalue weighted by molar-refractivity contribution is -0.137. The van der Waals surface area contributed by atoms with Gasteiger partial charge in [0.25, 0.3) is 0 Å². The predicted octanol–water partition coefficient (Wildman–Crippen LogP) is 5.89. The molecule has 24 heavy (non-hydrogen) atoms. The van der Waals surface area contributed by atoms with Gasteiger partial charge in [-0.25, -0.2) is 0 Å². The Bertz CT molecular complexity index is 589. The van der Waals surface area contributed by atoms with Gasteiger partial charge in [0.2, 0.25) is 0 Å². The van der Waals surface area contributed by atoms with Crippen LogP contribution >= 0.6 is 11.3 Å². The number of carboxylic acid groups (broad SMARTS) is 1. The standard InChI is InChI=1S/C21H28O2S/c22-21(23)15-8-3-1-2-7-13-19-16-17-20(24-19)14-9-12-18-10-5-4-6-11-18/h4-6,10-11,16-17H,1-3,7-9,12-15H2,(H,22,23). The normalized spacial score (nSPS) is 10.8. The maximum atomic E-state index is 10.4. The first kappa shape index (κ1) is 18.7. The fourth-order valence-electron chi connectivity index (χ4n) is 2.91. The summed E-state index contributed by atoms with van der Waals surface area (Å²) < 4.78 is 0. The van der Waals surface area contributed by atoms with Crippen LogP contribution in [-0.4, -0.2) is 11.1 Å². The number of benzene rings is 1. The van der Waals surface area contributed by atoms with Crippen molar-refractivity contribution in [2.45, 2.75) is 64.2 Å². The van der Waals surface area contributed by atoms with Crippen molar-refractivity contribution in [3.63, 3.8) is 0 Å². The lowest BCUT2D eigenvalue weighted by Gasteiger charge is -2.00. The molecule has 0 amide bonds. The van der Waals surface area contributed by atoms with Crippen molar-refractivity contribution in [2.75, 3.05) is 0 Å². The minimum Gasteiger partial charge on any atom is -0.481 e. The summed E-state index contributed by atoms with van der Waals surface area (Å²) in [5, 5.41) is 8.59. The second-order valence-corrected chi connectivity index (χ2v) is 7.62. The Morgan fingerprint density at radius 2 is 1.38 bits per heavy atom. The molecule has 0 aliphatic rings. The van der Waals surface area contributed by atoms with Crippen LogP contribution in [0.15, 0.2) is 42.5 Å². The van der Waals surface area contributed by atoms with Gasteiger partial charge in [0, 0.05) is 16.2 Å². The van der Waals surface area contributed by atoms with Gasteiger partial charge in [-0.05, 0) is 56.2 Å². The molecule has 0 bridgehead atoms. The van der Waals surface area contributed by atoms with Crippen LogP contribution in [0.5, 0.6) is 0 Å². The van der Waals surface area contributed by atoms with E-state index in [-0.39, 0.29) is 0 Å². The van der Waals surface area contributed by atoms with Crippen molar-refractivity contribution >= 4 is 17.3 Å². The van der Waals surface area contributed by atoms with Crippen LogP contribution in [0, 0.1) is 0 Å². The molecule has 0 unspecified atom stereocenters. The van der Waals surface area contributed by atoms with Gasteiger partial charge >= 0.3 is 5.97 Å². The van der Waals surface area contributed by atoms with Gasteiger partial charge in [-0.15, -0.1) is 11.3 Å². The summed E-state index contributed by atoms with van der Waals surface area (Å²) in [4.78, 5) is 13.4. The van der Waals surface area contributed by atoms with E-state index >= 15 is 0 Å². The predicted molar refractivity (Wildman–Crippen MR) is 102 cm³/mol. The van der Waals surface area contributed by atoms with Gasteiger partial charge in [-0.2, -0.15) is 0 Å². The summed E-state index contributed by atoms with van der Waals surface area (Å²) in [5.41, 5.74) is 1.43. The smallest absolute Gasteiger partial charge is 0.303 e. The highest BCUT2D eigenvalue weighted by atomic mass is 32.1. The Kier molecular flexibility index (Phi) is 8.61. The van der Waals surface area contributed by atoms with E-state index in [4.69, 9.17) is 5.11 Å². The first-order chi connectivity index (χ1) is 11.7. The van der Waals surface area contributed by atoms with Gasteiger partial charge < -0.3 is 5.11 Å². The van der Waals surface area contributed by atoms with Gasteiger partial charge in [-0.3, -0.25) is 4.79 Å². The maximum Gasteiger partial charge on any atom is 0.303 e. The molecule has 0 atom stereocenters. The second-order valence-electron chi connectivity index (χ2n) is 6.37. The van der Waals surface area contributed by atoms with E-state index < -0.39 is 5.97 Å². The number of carbonyl (C=O) groups is 1. The summed E-state index contributed by atoms with van der Waals surface area (Å²) in [5.74, 6) is -0.673. The molecule has 0 saturated heterocycles. The monoisotopic (exact) mass is 344 g/mol. The van der Waals surface area contributed by atoms with Gasteiger partial charge in [0.1, 0.15) is 0 Å². The van der Waals surface area contributed by atoms with Crippen LogP contribution in [0.25, 0.3) is 0 Å². The Hall–Kier alpha value is -1.61. The highest BCUT2D eigenvalue weighted by molar-refractivity contribution is 7.11. The number of carboxylic acids is 1. The Morgan fingerprint density at radius 3 is 2.08 bits per heavy atom. The number of rotatable bonds is 12. The van der Waals surface area contributed by atoms with E-state index in [1.54, 1.807) is 0 Å². The summed E-state index contributed by atoms with van der Waals surface area (Å²) in [6, 6.07) is 15.3. The van der Waals surface area contributed by atoms with E-state index in [1.807, 2.05) is 11.3 Å². The molecule has 2 aromatic rings. The highest BCUT2D eigenvalue weighted by Crippen LogP contribution is 2.21. The molecule has 0 fully saturated rings. The zero-order valence-corrected chi connectivity index (χ0v) is 15.2. The largest absolute Gasteiger partial charge is 0.481 e. The fraction of sp³-hybridized carbons (Fsp3) is 0.476. The lowest BCUT2D eigenvalue weighted by Crippen LogP contribution is -1.93. The molecule has 1 heterocycles. The number of aryl methyl sites for hydroxylation is 3. The number of hydrogen-bond acceptors (Lipinski definition) is 2. The SMILES string of the molecule is O=C(O)CCCCCCCc1ccc(CCCc2ccccc2)s1. The molecule has 1 aromatic carbocycles. The third kappa shape index (κ3) is 7.78. The Labute approximate surface area is 149 Å². The van der Waals surface area contributed by atoms with E-state index in [1.165, 1.54) is 47.4 Å². The van der Waals surface area contributed by atoms with Gasteiger partial charge in [-0.1, -0.05) is 49.6 Å². The summed E-state index contributed by atoms with van der Waals surface area (Å²) in [6.45, 7) is 0. The highest BCUT2D eigenvalue weighted by Gasteiger charge is 2.02. The Balaban J connectivity index is 1.55. The Morgan fingerprint density at radius 1 is 0.750 bits per heavy atom. The van der Waals surface area contributed by atoms with Gasteiger partial charge in [0.05, 0.1) is 0 Å². The van der Waals surface area contributed by atoms with Crippen molar-refractivity contribution < 1.29 is 9.90 Å². The third-order valence-corrected chi connectivity index (χ3v) is 5.47. The quantitative estimate of drug-likeness (QED) is 0.487. The molecule has 1 aromatic heterocycles. The fourth-order valence-corrected chi connectivity index (χ4v) is 4.01. The molecule has 0 saturated carbocycles. The van der Waals surface area contributed by atoms with Crippen molar-refractivity contribution in [1.82, 2.24) is 0 Å². The molecule has 130 valence electrons. The minimum atomic E-state index is -0.673. The maximum absolute atomic E-state index is 10.4. The molecule has 0 aliphatic carbocycles. The molecule has 2 nitrogen and oxygen atoms in total. The van der Waals surface area contributed by atoms with Crippen molar-refractivity contribution in [2.24, 2.45) is 0 Å². The first-order valence-corrected chi connectivity index (χ1v) is 9.89. The second kappa shape index (κ2) is 11.0. The summed E-state index contributed by atoms with van der Waals surface area (Å²) in [7, 11) is 0. The van der Waals surface area contributed by atoms with Crippen LogP contribution < -0.4 is 0 Å². The first-order valence-electron chi connectivity index (χ1n) is 9.07. The zero-order valence-electron chi connectivity index (χ0n) is 14.4. The van der Waals surface area contributed by atoms with E-state index in [9.17, 15) is 4.79 Å². The van der Waals surface area contributed by atoms with E-state index in [0.717, 1.165) is 25.7 Å². The van der Waals surface area contributed by atoms with Crippen LogP contribution in [0.3, 0.4) is 0 Å². The molecular formula is C21H28O2S. The topological polar surface area (TPSA) is 37.3 Å². The van der Waals surface area contributed by atoms with E-state index in [0.29, 0.717) is 6.42 Å². The third-order valence-electron chi connectivity index (χ3n) is 4.26. The number of aliphatic carboxylic acids is 1.